The molecule has 2 aliphatic rings. The van der Waals surface area contributed by atoms with E-state index in [1.54, 1.807) is 7.11 Å². The van der Waals surface area contributed by atoms with Crippen molar-refractivity contribution in [2.45, 2.75) is 53.0 Å². The lowest BCUT2D eigenvalue weighted by atomic mass is 9.90. The summed E-state index contributed by atoms with van der Waals surface area (Å²) in [5.41, 5.74) is 6.98. The van der Waals surface area contributed by atoms with Gasteiger partial charge in [-0.1, -0.05) is 30.3 Å². The van der Waals surface area contributed by atoms with Gasteiger partial charge < -0.3 is 10.1 Å². The average molecular weight is 421 g/mol. The maximum atomic E-state index is 12.8. The summed E-state index contributed by atoms with van der Waals surface area (Å²) in [6.07, 6.45) is 4.14. The van der Waals surface area contributed by atoms with Crippen LogP contribution in [-0.2, 0) is 17.8 Å². The smallest absolute Gasteiger partial charge is 0.223 e. The minimum absolute atomic E-state index is 0.204. The zero-order valence-corrected chi connectivity index (χ0v) is 19.5. The number of hydrogen-bond donors (Lipinski definition) is 1. The Morgan fingerprint density at radius 3 is 2.52 bits per heavy atom. The maximum Gasteiger partial charge on any atom is 0.223 e. The van der Waals surface area contributed by atoms with E-state index in [-0.39, 0.29) is 17.2 Å². The highest BCUT2D eigenvalue weighted by Crippen LogP contribution is 2.59. The Labute approximate surface area is 187 Å². The molecule has 1 N–H and O–H groups in total. The summed E-state index contributed by atoms with van der Waals surface area (Å²) >= 11 is 0. The molecule has 1 spiro atoms. The van der Waals surface area contributed by atoms with Crippen LogP contribution in [0.5, 0.6) is 5.75 Å². The fourth-order valence-electron chi connectivity index (χ4n) is 5.21. The van der Waals surface area contributed by atoms with Gasteiger partial charge in [0, 0.05) is 19.0 Å². The van der Waals surface area contributed by atoms with E-state index in [1.165, 1.54) is 22.3 Å². The Hall–Kier alpha value is -2.33. The summed E-state index contributed by atoms with van der Waals surface area (Å²) < 4.78 is 5.41. The van der Waals surface area contributed by atoms with E-state index in [0.29, 0.717) is 6.54 Å². The molecule has 166 valence electrons. The van der Waals surface area contributed by atoms with Crippen molar-refractivity contribution in [3.05, 3.63) is 64.2 Å². The molecule has 1 heterocycles. The molecule has 4 rings (SSSR count). The first-order chi connectivity index (χ1) is 14.9. The Balaban J connectivity index is 1.24. The SMILES string of the molecule is COc1ccccc1CCNC(=O)[C@H]1CC12CCN(Cc1cc(C)c(C)cc1C)CC2. The van der Waals surface area contributed by atoms with Crippen LogP contribution in [0.2, 0.25) is 0 Å². The van der Waals surface area contributed by atoms with Crippen LogP contribution in [0.4, 0.5) is 0 Å². The third-order valence-corrected chi connectivity index (χ3v) is 7.59. The number of piperidine rings is 1. The van der Waals surface area contributed by atoms with Crippen molar-refractivity contribution in [1.29, 1.82) is 0 Å². The third kappa shape index (κ3) is 4.79. The number of carbonyl (C=O) groups excluding carboxylic acids is 1. The second-order valence-corrected chi connectivity index (χ2v) is 9.61. The highest BCUT2D eigenvalue weighted by molar-refractivity contribution is 5.82. The number of nitrogens with one attached hydrogen (secondary N) is 1. The van der Waals surface area contributed by atoms with E-state index in [9.17, 15) is 4.79 Å². The predicted octanol–water partition coefficient (Wildman–Crippen LogP) is 4.58. The molecule has 0 radical (unpaired) electrons. The topological polar surface area (TPSA) is 41.6 Å². The zero-order valence-electron chi connectivity index (χ0n) is 19.5. The van der Waals surface area contributed by atoms with Crippen LogP contribution in [0.25, 0.3) is 0 Å². The summed E-state index contributed by atoms with van der Waals surface area (Å²) in [4.78, 5) is 15.3. The predicted molar refractivity (Wildman–Crippen MR) is 125 cm³/mol. The molecule has 1 aliphatic heterocycles. The minimum Gasteiger partial charge on any atom is -0.496 e. The van der Waals surface area contributed by atoms with E-state index in [1.807, 2.05) is 18.2 Å². The first kappa shape index (κ1) is 21.9. The number of hydrogen-bond acceptors (Lipinski definition) is 3. The van der Waals surface area contributed by atoms with Gasteiger partial charge >= 0.3 is 0 Å². The minimum atomic E-state index is 0.204. The van der Waals surface area contributed by atoms with Gasteiger partial charge in [0.1, 0.15) is 5.75 Å². The fourth-order valence-corrected chi connectivity index (χ4v) is 5.21. The molecule has 2 aromatic carbocycles. The second-order valence-electron chi connectivity index (χ2n) is 9.61. The number of ether oxygens (including phenoxy) is 1. The van der Waals surface area contributed by atoms with Crippen LogP contribution in [0, 0.1) is 32.1 Å². The second kappa shape index (κ2) is 9.04. The number of rotatable bonds is 7. The van der Waals surface area contributed by atoms with Crippen LogP contribution in [0.3, 0.4) is 0 Å². The number of benzene rings is 2. The van der Waals surface area contributed by atoms with Gasteiger partial charge in [-0.2, -0.15) is 0 Å². The third-order valence-electron chi connectivity index (χ3n) is 7.59. The van der Waals surface area contributed by atoms with Gasteiger partial charge in [0.05, 0.1) is 7.11 Å². The van der Waals surface area contributed by atoms with Crippen LogP contribution in [-0.4, -0.2) is 37.6 Å². The molecular formula is C27H36N2O2. The number of nitrogens with zero attached hydrogens (tertiary/aromatic N) is 1. The molecule has 2 fully saturated rings. The first-order valence-corrected chi connectivity index (χ1v) is 11.6. The van der Waals surface area contributed by atoms with E-state index in [0.717, 1.165) is 56.6 Å². The fraction of sp³-hybridized carbons (Fsp3) is 0.519. The van der Waals surface area contributed by atoms with E-state index in [4.69, 9.17) is 4.74 Å². The summed E-state index contributed by atoms with van der Waals surface area (Å²) in [6.45, 7) is 10.5. The van der Waals surface area contributed by atoms with Crippen LogP contribution in [0.15, 0.2) is 36.4 Å². The zero-order chi connectivity index (χ0) is 22.0. The standard InChI is InChI=1S/C27H36N2O2/c1-19-15-21(3)23(16-20(19)2)18-29-13-10-27(11-14-29)17-24(27)26(30)28-12-9-22-7-5-6-8-25(22)31-4/h5-8,15-16,24H,9-14,17-18H2,1-4H3,(H,28,30)/t24-/m1/s1. The molecule has 0 bridgehead atoms. The molecule has 1 saturated heterocycles. The molecule has 4 heteroatoms. The van der Waals surface area contributed by atoms with Gasteiger partial charge in [-0.05, 0) is 98.8 Å². The van der Waals surface area contributed by atoms with Crippen molar-refractivity contribution in [3.63, 3.8) is 0 Å². The lowest BCUT2D eigenvalue weighted by molar-refractivity contribution is -0.123. The van der Waals surface area contributed by atoms with E-state index >= 15 is 0 Å². The summed E-state index contributed by atoms with van der Waals surface area (Å²) in [7, 11) is 1.69. The van der Waals surface area contributed by atoms with Gasteiger partial charge in [-0.3, -0.25) is 9.69 Å². The Kier molecular flexibility index (Phi) is 6.38. The Bertz CT molecular complexity index is 944. The largest absolute Gasteiger partial charge is 0.496 e. The molecule has 1 saturated carbocycles. The number of aryl methyl sites for hydroxylation is 3. The molecular weight excluding hydrogens is 384 g/mol. The normalized spacial score (nSPS) is 19.9. The highest BCUT2D eigenvalue weighted by Gasteiger charge is 2.58. The summed E-state index contributed by atoms with van der Waals surface area (Å²) in [5, 5.41) is 3.18. The lowest BCUT2D eigenvalue weighted by Gasteiger charge is -2.33. The quantitative estimate of drug-likeness (QED) is 0.713. The monoisotopic (exact) mass is 420 g/mol. The van der Waals surface area contributed by atoms with Crippen molar-refractivity contribution in [2.75, 3.05) is 26.7 Å². The molecule has 1 amide bonds. The van der Waals surface area contributed by atoms with Gasteiger partial charge in [0.25, 0.3) is 0 Å². The molecule has 1 aliphatic carbocycles. The maximum absolute atomic E-state index is 12.8. The Morgan fingerprint density at radius 2 is 1.77 bits per heavy atom. The van der Waals surface area contributed by atoms with Crippen molar-refractivity contribution in [3.8, 4) is 5.75 Å². The van der Waals surface area contributed by atoms with Crippen molar-refractivity contribution in [2.24, 2.45) is 11.3 Å². The number of amides is 1. The Morgan fingerprint density at radius 1 is 1.06 bits per heavy atom. The van der Waals surface area contributed by atoms with E-state index in [2.05, 4.69) is 49.2 Å². The molecule has 4 nitrogen and oxygen atoms in total. The molecule has 1 atom stereocenters. The lowest BCUT2D eigenvalue weighted by Crippen LogP contribution is -2.37. The number of carbonyl (C=O) groups is 1. The first-order valence-electron chi connectivity index (χ1n) is 11.6. The molecule has 0 unspecified atom stereocenters. The molecule has 0 aromatic heterocycles. The van der Waals surface area contributed by atoms with Crippen LogP contribution in [0.1, 0.15) is 47.1 Å². The van der Waals surface area contributed by atoms with Gasteiger partial charge in [-0.15, -0.1) is 0 Å². The number of methoxy groups -OCH3 is 1. The van der Waals surface area contributed by atoms with Crippen molar-refractivity contribution in [1.82, 2.24) is 10.2 Å². The van der Waals surface area contributed by atoms with Crippen LogP contribution < -0.4 is 10.1 Å². The van der Waals surface area contributed by atoms with Crippen molar-refractivity contribution < 1.29 is 9.53 Å². The van der Waals surface area contributed by atoms with Crippen molar-refractivity contribution >= 4 is 5.91 Å². The highest BCUT2D eigenvalue weighted by atomic mass is 16.5. The van der Waals surface area contributed by atoms with Gasteiger partial charge in [0.2, 0.25) is 5.91 Å². The van der Waals surface area contributed by atoms with E-state index < -0.39 is 0 Å². The van der Waals surface area contributed by atoms with Crippen LogP contribution >= 0.6 is 0 Å². The summed E-state index contributed by atoms with van der Waals surface area (Å²) in [5.74, 6) is 1.34. The average Bonchev–Trinajstić information content (AvgIpc) is 3.47. The summed E-state index contributed by atoms with van der Waals surface area (Å²) in [6, 6.07) is 12.7. The van der Waals surface area contributed by atoms with Gasteiger partial charge in [-0.25, -0.2) is 0 Å². The number of likely N-dealkylation sites (tertiary alicyclic amines) is 1. The molecule has 2 aromatic rings. The molecule has 31 heavy (non-hydrogen) atoms. The van der Waals surface area contributed by atoms with Gasteiger partial charge in [0.15, 0.2) is 0 Å². The number of para-hydroxylation sites is 1.